The number of ether oxygens (including phenoxy) is 1. The van der Waals surface area contributed by atoms with Crippen molar-refractivity contribution in [3.63, 3.8) is 0 Å². The van der Waals surface area contributed by atoms with Crippen molar-refractivity contribution in [2.75, 3.05) is 5.75 Å². The lowest BCUT2D eigenvalue weighted by Gasteiger charge is -2.34. The van der Waals surface area contributed by atoms with E-state index >= 15 is 0 Å². The lowest BCUT2D eigenvalue weighted by molar-refractivity contribution is -0.116. The Morgan fingerprint density at radius 1 is 1.06 bits per heavy atom. The number of carbonyl (C=O) groups is 1. The Bertz CT molecular complexity index is 1350. The Balaban J connectivity index is 1.53. The molecule has 1 amide bonds. The van der Waals surface area contributed by atoms with Crippen molar-refractivity contribution in [1.29, 1.82) is 0 Å². The summed E-state index contributed by atoms with van der Waals surface area (Å²) in [7, 11) is 0. The molecular formula is C26H22N4O2S. The molecule has 0 unspecified atom stereocenters. The van der Waals surface area contributed by atoms with E-state index in [0.717, 1.165) is 27.5 Å². The first-order valence-electron chi connectivity index (χ1n) is 10.6. The third-order valence-electron chi connectivity index (χ3n) is 5.26. The SMILES string of the molecule is C=CCSC1=NN2C(=c3ccccc3=N[C@@H]2c2cccc(OCc3ccccc3)c2)C(=O)N1. The number of hydrazone groups is 1. The normalized spacial score (nSPS) is 16.7. The summed E-state index contributed by atoms with van der Waals surface area (Å²) < 4.78 is 6.03. The van der Waals surface area contributed by atoms with Crippen LogP contribution in [0.1, 0.15) is 17.3 Å². The Morgan fingerprint density at radius 2 is 1.88 bits per heavy atom. The number of amidine groups is 1. The van der Waals surface area contributed by atoms with Gasteiger partial charge in [-0.1, -0.05) is 78.5 Å². The van der Waals surface area contributed by atoms with Gasteiger partial charge in [0.15, 0.2) is 11.3 Å². The average Bonchev–Trinajstić information content (AvgIpc) is 2.86. The summed E-state index contributed by atoms with van der Waals surface area (Å²) in [5.74, 6) is 1.18. The average molecular weight is 455 g/mol. The first-order chi connectivity index (χ1) is 16.2. The number of benzene rings is 3. The molecule has 0 fully saturated rings. The minimum absolute atomic E-state index is 0.194. The van der Waals surface area contributed by atoms with Crippen LogP contribution in [0.15, 0.2) is 102 Å². The van der Waals surface area contributed by atoms with E-state index in [2.05, 4.69) is 11.9 Å². The second-order valence-electron chi connectivity index (χ2n) is 7.52. The van der Waals surface area contributed by atoms with Crippen molar-refractivity contribution in [3.8, 4) is 5.75 Å². The van der Waals surface area contributed by atoms with Crippen molar-refractivity contribution in [2.24, 2.45) is 10.1 Å². The van der Waals surface area contributed by atoms with Crippen LogP contribution in [0.25, 0.3) is 5.70 Å². The molecule has 0 saturated heterocycles. The second kappa shape index (κ2) is 9.34. The highest BCUT2D eigenvalue weighted by atomic mass is 32.2. The Kier molecular flexibility index (Phi) is 5.95. The highest BCUT2D eigenvalue weighted by Gasteiger charge is 2.34. The molecule has 164 valence electrons. The van der Waals surface area contributed by atoms with Crippen LogP contribution in [0, 0.1) is 0 Å². The Morgan fingerprint density at radius 3 is 2.73 bits per heavy atom. The number of fused-ring (bicyclic) bond motifs is 2. The van der Waals surface area contributed by atoms with Crippen LogP contribution in [0.5, 0.6) is 5.75 Å². The van der Waals surface area contributed by atoms with Gasteiger partial charge >= 0.3 is 0 Å². The van der Waals surface area contributed by atoms with Gasteiger partial charge in [-0.15, -0.1) is 11.7 Å². The molecule has 0 radical (unpaired) electrons. The molecule has 2 aliphatic rings. The maximum absolute atomic E-state index is 13.1. The van der Waals surface area contributed by atoms with Crippen LogP contribution in [0.2, 0.25) is 0 Å². The van der Waals surface area contributed by atoms with Crippen LogP contribution in [-0.4, -0.2) is 21.8 Å². The van der Waals surface area contributed by atoms with Crippen LogP contribution >= 0.6 is 11.8 Å². The van der Waals surface area contributed by atoms with Gasteiger partial charge in [0.05, 0.1) is 5.36 Å². The number of hydrogen-bond donors (Lipinski definition) is 1. The van der Waals surface area contributed by atoms with E-state index in [4.69, 9.17) is 14.8 Å². The number of para-hydroxylation sites is 1. The fourth-order valence-electron chi connectivity index (χ4n) is 3.75. The van der Waals surface area contributed by atoms with Gasteiger partial charge in [-0.05, 0) is 23.8 Å². The summed E-state index contributed by atoms with van der Waals surface area (Å²) in [5.41, 5.74) is 2.47. The minimum Gasteiger partial charge on any atom is -0.489 e. The van der Waals surface area contributed by atoms with Crippen LogP contribution < -0.4 is 20.6 Å². The number of carbonyl (C=O) groups excluding carboxylic acids is 1. The van der Waals surface area contributed by atoms with E-state index in [1.807, 2.05) is 78.9 Å². The lowest BCUT2D eigenvalue weighted by atomic mass is 10.1. The molecule has 0 saturated carbocycles. The van der Waals surface area contributed by atoms with Gasteiger partial charge in [0.1, 0.15) is 18.1 Å². The molecule has 1 N–H and O–H groups in total. The van der Waals surface area contributed by atoms with E-state index < -0.39 is 6.17 Å². The second-order valence-corrected chi connectivity index (χ2v) is 8.53. The molecule has 0 spiro atoms. The molecule has 33 heavy (non-hydrogen) atoms. The zero-order chi connectivity index (χ0) is 22.6. The largest absolute Gasteiger partial charge is 0.489 e. The van der Waals surface area contributed by atoms with Crippen molar-refractivity contribution in [3.05, 3.63) is 113 Å². The van der Waals surface area contributed by atoms with Crippen LogP contribution in [0.3, 0.4) is 0 Å². The number of rotatable bonds is 6. The molecule has 2 heterocycles. The van der Waals surface area contributed by atoms with Gasteiger partial charge < -0.3 is 4.74 Å². The van der Waals surface area contributed by atoms with Gasteiger partial charge in [-0.25, -0.2) is 5.01 Å². The molecule has 3 aromatic rings. The molecular weight excluding hydrogens is 432 g/mol. The molecule has 2 aliphatic heterocycles. The quantitative estimate of drug-likeness (QED) is 0.581. The topological polar surface area (TPSA) is 66.3 Å². The summed E-state index contributed by atoms with van der Waals surface area (Å²) >= 11 is 1.42. The highest BCUT2D eigenvalue weighted by molar-refractivity contribution is 8.14. The van der Waals surface area contributed by atoms with Crippen molar-refractivity contribution >= 4 is 28.5 Å². The van der Waals surface area contributed by atoms with E-state index in [0.29, 0.717) is 23.2 Å². The molecule has 1 atom stereocenters. The minimum atomic E-state index is -0.486. The van der Waals surface area contributed by atoms with Crippen LogP contribution in [0.4, 0.5) is 0 Å². The number of hydrogen-bond acceptors (Lipinski definition) is 6. The zero-order valence-corrected chi connectivity index (χ0v) is 18.7. The molecule has 5 rings (SSSR count). The zero-order valence-electron chi connectivity index (χ0n) is 17.8. The predicted octanol–water partition coefficient (Wildman–Crippen LogP) is 3.33. The molecule has 3 aromatic carbocycles. The lowest BCUT2D eigenvalue weighted by Crippen LogP contribution is -2.50. The third kappa shape index (κ3) is 4.40. The highest BCUT2D eigenvalue weighted by Crippen LogP contribution is 2.32. The van der Waals surface area contributed by atoms with Crippen molar-refractivity contribution < 1.29 is 9.53 Å². The van der Waals surface area contributed by atoms with Gasteiger partial charge in [-0.3, -0.25) is 15.1 Å². The van der Waals surface area contributed by atoms with E-state index in [1.165, 1.54) is 11.8 Å². The Hall–Kier alpha value is -3.84. The monoisotopic (exact) mass is 454 g/mol. The fourth-order valence-corrected chi connectivity index (χ4v) is 4.34. The number of nitrogens with zero attached hydrogens (tertiary/aromatic N) is 3. The van der Waals surface area contributed by atoms with Gasteiger partial charge in [0.25, 0.3) is 5.91 Å². The summed E-state index contributed by atoms with van der Waals surface area (Å²) in [6.07, 6.45) is 1.29. The first-order valence-corrected chi connectivity index (χ1v) is 11.6. The maximum atomic E-state index is 13.1. The van der Waals surface area contributed by atoms with E-state index in [-0.39, 0.29) is 5.91 Å². The smallest absolute Gasteiger partial charge is 0.276 e. The van der Waals surface area contributed by atoms with Crippen LogP contribution in [-0.2, 0) is 11.4 Å². The standard InChI is InChI=1S/C26H22N4O2S/c1-2-15-33-26-28-25(31)23-21-13-6-7-14-22(21)27-24(30(23)29-26)19-11-8-12-20(16-19)32-17-18-9-4-3-5-10-18/h2-14,16,24H,1,15,17H2,(H,28,29,31)/t24-/m0/s1. The predicted molar refractivity (Wildman–Crippen MR) is 131 cm³/mol. The number of amides is 1. The van der Waals surface area contributed by atoms with Crippen molar-refractivity contribution in [1.82, 2.24) is 10.3 Å². The first kappa shape index (κ1) is 21.0. The fraction of sp³-hybridized carbons (Fsp3) is 0.115. The number of nitrogens with one attached hydrogen (secondary N) is 1. The van der Waals surface area contributed by atoms with E-state index in [1.54, 1.807) is 11.1 Å². The summed E-state index contributed by atoms with van der Waals surface area (Å²) in [6.45, 7) is 4.22. The van der Waals surface area contributed by atoms with Gasteiger partial charge in [0, 0.05) is 16.5 Å². The summed E-state index contributed by atoms with van der Waals surface area (Å²) in [5, 5.41) is 11.4. The summed E-state index contributed by atoms with van der Waals surface area (Å²) in [6, 6.07) is 25.5. The molecule has 6 nitrogen and oxygen atoms in total. The van der Waals surface area contributed by atoms with Gasteiger partial charge in [0.2, 0.25) is 0 Å². The molecule has 0 bridgehead atoms. The Labute approximate surface area is 196 Å². The molecule has 7 heteroatoms. The number of thioether (sulfide) groups is 1. The van der Waals surface area contributed by atoms with Gasteiger partial charge in [-0.2, -0.15) is 0 Å². The summed E-state index contributed by atoms with van der Waals surface area (Å²) in [4.78, 5) is 18.0. The third-order valence-corrected chi connectivity index (χ3v) is 6.12. The van der Waals surface area contributed by atoms with E-state index in [9.17, 15) is 4.79 Å². The molecule has 0 aliphatic carbocycles. The van der Waals surface area contributed by atoms with Crippen molar-refractivity contribution in [2.45, 2.75) is 12.8 Å². The maximum Gasteiger partial charge on any atom is 0.276 e. The molecule has 0 aromatic heterocycles.